The van der Waals surface area contributed by atoms with Crippen LogP contribution in [0.2, 0.25) is 0 Å². The maximum Gasteiger partial charge on any atom is 0.243 e. The average Bonchev–Trinajstić information content (AvgIpc) is 3.47. The van der Waals surface area contributed by atoms with Gasteiger partial charge in [0.15, 0.2) is 0 Å². The van der Waals surface area contributed by atoms with Crippen molar-refractivity contribution in [2.75, 3.05) is 13.7 Å². The first-order valence-electron chi connectivity index (χ1n) is 14.0. The van der Waals surface area contributed by atoms with Gasteiger partial charge in [0.1, 0.15) is 17.5 Å². The lowest BCUT2D eigenvalue weighted by atomic mass is 10.0. The molecule has 6 nitrogen and oxygen atoms in total. The average molecular weight is 529 g/mol. The summed E-state index contributed by atoms with van der Waals surface area (Å²) in [5.74, 6) is 1.39. The summed E-state index contributed by atoms with van der Waals surface area (Å²) in [6.07, 6.45) is 5.58. The molecular weight excluding hydrogens is 488 g/mol. The first-order valence-corrected chi connectivity index (χ1v) is 14.0. The van der Waals surface area contributed by atoms with Crippen LogP contribution in [-0.2, 0) is 22.6 Å². The molecule has 1 aliphatic rings. The van der Waals surface area contributed by atoms with Gasteiger partial charge in [-0.1, -0.05) is 73.0 Å². The molecular formula is C33H40N2O4. The van der Waals surface area contributed by atoms with Crippen molar-refractivity contribution in [1.82, 2.24) is 10.2 Å². The number of ether oxygens (including phenoxy) is 2. The smallest absolute Gasteiger partial charge is 0.243 e. The van der Waals surface area contributed by atoms with Gasteiger partial charge in [-0.15, -0.1) is 0 Å². The van der Waals surface area contributed by atoms with Gasteiger partial charge in [0.25, 0.3) is 0 Å². The zero-order chi connectivity index (χ0) is 27.5. The Hall–Kier alpha value is -3.80. The number of hydrogen-bond donors (Lipinski definition) is 1. The summed E-state index contributed by atoms with van der Waals surface area (Å²) < 4.78 is 11.1. The van der Waals surface area contributed by atoms with E-state index in [2.05, 4.69) is 11.4 Å². The van der Waals surface area contributed by atoms with Crippen molar-refractivity contribution in [3.05, 3.63) is 95.6 Å². The highest BCUT2D eigenvalue weighted by Gasteiger charge is 2.32. The van der Waals surface area contributed by atoms with E-state index in [1.807, 2.05) is 79.7 Å². The Bertz CT molecular complexity index is 1190. The fraction of sp³-hybridized carbons (Fsp3) is 0.394. The zero-order valence-electron chi connectivity index (χ0n) is 23.1. The number of hydrogen-bond acceptors (Lipinski definition) is 4. The van der Waals surface area contributed by atoms with E-state index in [1.54, 1.807) is 12.0 Å². The molecule has 4 rings (SSSR count). The minimum atomic E-state index is -0.594. The minimum Gasteiger partial charge on any atom is -0.497 e. The summed E-state index contributed by atoms with van der Waals surface area (Å²) in [6, 6.07) is 25.1. The Morgan fingerprint density at radius 1 is 0.923 bits per heavy atom. The van der Waals surface area contributed by atoms with Crippen molar-refractivity contribution in [3.63, 3.8) is 0 Å². The fourth-order valence-electron chi connectivity index (χ4n) is 5.16. The highest BCUT2D eigenvalue weighted by molar-refractivity contribution is 5.88. The molecule has 6 heteroatoms. The maximum atomic E-state index is 13.8. The van der Waals surface area contributed by atoms with Gasteiger partial charge >= 0.3 is 0 Å². The second-order valence-electron chi connectivity index (χ2n) is 10.3. The molecule has 3 aromatic rings. The number of carbonyl (C=O) groups excluding carboxylic acids is 2. The van der Waals surface area contributed by atoms with E-state index in [0.717, 1.165) is 53.9 Å². The van der Waals surface area contributed by atoms with Crippen molar-refractivity contribution in [3.8, 4) is 11.5 Å². The van der Waals surface area contributed by atoms with Crippen LogP contribution in [0.15, 0.2) is 78.9 Å². The van der Waals surface area contributed by atoms with Crippen molar-refractivity contribution < 1.29 is 19.1 Å². The summed E-state index contributed by atoms with van der Waals surface area (Å²) >= 11 is 0. The first-order chi connectivity index (χ1) is 19.0. The van der Waals surface area contributed by atoms with Crippen LogP contribution in [0.3, 0.4) is 0 Å². The quantitative estimate of drug-likeness (QED) is 0.282. The third-order valence-electron chi connectivity index (χ3n) is 7.27. The van der Waals surface area contributed by atoms with E-state index in [0.29, 0.717) is 32.4 Å². The molecule has 1 saturated carbocycles. The van der Waals surface area contributed by atoms with Gasteiger partial charge in [-0.05, 0) is 61.6 Å². The third kappa shape index (κ3) is 8.60. The first kappa shape index (κ1) is 28.2. The number of nitrogens with zero attached hydrogens (tertiary/aromatic N) is 1. The second-order valence-corrected chi connectivity index (χ2v) is 10.3. The van der Waals surface area contributed by atoms with Crippen molar-refractivity contribution in [1.29, 1.82) is 0 Å². The molecule has 0 saturated heterocycles. The molecule has 2 amide bonds. The van der Waals surface area contributed by atoms with E-state index in [9.17, 15) is 9.59 Å². The Kier molecular flexibility index (Phi) is 10.4. The number of benzene rings is 3. The van der Waals surface area contributed by atoms with Crippen LogP contribution in [0.1, 0.15) is 55.2 Å². The number of amides is 2. The molecule has 1 atom stereocenters. The number of nitrogens with one attached hydrogen (secondary N) is 1. The van der Waals surface area contributed by atoms with Crippen molar-refractivity contribution in [2.24, 2.45) is 0 Å². The van der Waals surface area contributed by atoms with Gasteiger partial charge in [0.2, 0.25) is 11.8 Å². The SMILES string of the molecule is COc1ccc(OCCCC(=O)N(Cc2cccc(C)c2)[C@H](Cc2ccccc2)C(=O)NC2CCCC2)cc1. The molecule has 3 aromatic carbocycles. The van der Waals surface area contributed by atoms with Crippen molar-refractivity contribution in [2.45, 2.75) is 70.5 Å². The van der Waals surface area contributed by atoms with Crippen LogP contribution >= 0.6 is 0 Å². The van der Waals surface area contributed by atoms with Crippen molar-refractivity contribution >= 4 is 11.8 Å². The second kappa shape index (κ2) is 14.4. The predicted octanol–water partition coefficient (Wildman–Crippen LogP) is 5.86. The maximum absolute atomic E-state index is 13.8. The van der Waals surface area contributed by atoms with Crippen LogP contribution in [-0.4, -0.2) is 42.5 Å². The molecule has 39 heavy (non-hydrogen) atoms. The van der Waals surface area contributed by atoms with Gasteiger partial charge in [-0.25, -0.2) is 0 Å². The summed E-state index contributed by atoms with van der Waals surface area (Å²) in [4.78, 5) is 29.3. The number of rotatable bonds is 13. The molecule has 1 fully saturated rings. The van der Waals surface area contributed by atoms with Crippen LogP contribution in [0, 0.1) is 6.92 Å². The minimum absolute atomic E-state index is 0.0441. The number of aryl methyl sites for hydroxylation is 1. The molecule has 206 valence electrons. The molecule has 1 aliphatic carbocycles. The standard InChI is InChI=1S/C33H40N2O4/c1-25-10-8-13-27(22-25)24-35(32(36)16-9-21-39-30-19-17-29(38-2)18-20-30)31(23-26-11-4-3-5-12-26)33(37)34-28-14-6-7-15-28/h3-5,8,10-13,17-20,22,28,31H,6-7,9,14-16,21,23-24H2,1-2H3,(H,34,37)/t31-/m1/s1. The Balaban J connectivity index is 1.50. The van der Waals surface area contributed by atoms with Gasteiger partial charge in [-0.2, -0.15) is 0 Å². The fourth-order valence-corrected chi connectivity index (χ4v) is 5.16. The molecule has 0 aliphatic heterocycles. The van der Waals surface area contributed by atoms with Gasteiger partial charge in [0, 0.05) is 25.4 Å². The Morgan fingerprint density at radius 3 is 2.31 bits per heavy atom. The highest BCUT2D eigenvalue weighted by Crippen LogP contribution is 2.21. The Morgan fingerprint density at radius 2 is 1.62 bits per heavy atom. The van der Waals surface area contributed by atoms with E-state index in [4.69, 9.17) is 9.47 Å². The lowest BCUT2D eigenvalue weighted by molar-refractivity contribution is -0.141. The molecule has 0 spiro atoms. The van der Waals surface area contributed by atoms with Crippen LogP contribution in [0.4, 0.5) is 0 Å². The summed E-state index contributed by atoms with van der Waals surface area (Å²) in [5, 5.41) is 3.26. The summed E-state index contributed by atoms with van der Waals surface area (Å²) in [5.41, 5.74) is 3.18. The lowest BCUT2D eigenvalue weighted by Crippen LogP contribution is -2.52. The monoisotopic (exact) mass is 528 g/mol. The lowest BCUT2D eigenvalue weighted by Gasteiger charge is -2.32. The van der Waals surface area contributed by atoms with E-state index >= 15 is 0 Å². The predicted molar refractivity (Wildman–Crippen MR) is 154 cm³/mol. The van der Waals surface area contributed by atoms with Crippen LogP contribution in [0.25, 0.3) is 0 Å². The van der Waals surface area contributed by atoms with Gasteiger partial charge in [0.05, 0.1) is 13.7 Å². The molecule has 0 bridgehead atoms. The number of carbonyl (C=O) groups is 2. The third-order valence-corrected chi connectivity index (χ3v) is 7.27. The van der Waals surface area contributed by atoms with E-state index in [1.165, 1.54) is 0 Å². The topological polar surface area (TPSA) is 67.9 Å². The summed E-state index contributed by atoms with van der Waals surface area (Å²) in [6.45, 7) is 2.84. The Labute approximate surface area is 232 Å². The zero-order valence-corrected chi connectivity index (χ0v) is 23.1. The molecule has 0 unspecified atom stereocenters. The molecule has 0 heterocycles. The summed E-state index contributed by atoms with van der Waals surface area (Å²) in [7, 11) is 1.63. The number of methoxy groups -OCH3 is 1. The largest absolute Gasteiger partial charge is 0.497 e. The van der Waals surface area contributed by atoms with Crippen LogP contribution < -0.4 is 14.8 Å². The normalized spacial score (nSPS) is 14.0. The molecule has 0 radical (unpaired) electrons. The van der Waals surface area contributed by atoms with Gasteiger partial charge < -0.3 is 19.7 Å². The molecule has 1 N–H and O–H groups in total. The highest BCUT2D eigenvalue weighted by atomic mass is 16.5. The van der Waals surface area contributed by atoms with E-state index in [-0.39, 0.29) is 17.9 Å². The molecule has 0 aromatic heterocycles. The van der Waals surface area contributed by atoms with E-state index < -0.39 is 6.04 Å². The van der Waals surface area contributed by atoms with Crippen LogP contribution in [0.5, 0.6) is 11.5 Å². The van der Waals surface area contributed by atoms with Gasteiger partial charge in [-0.3, -0.25) is 9.59 Å².